The van der Waals surface area contributed by atoms with Gasteiger partial charge in [0.1, 0.15) is 0 Å². The maximum atomic E-state index is 9.33. The second-order valence-corrected chi connectivity index (χ2v) is 4.29. The predicted octanol–water partition coefficient (Wildman–Crippen LogP) is 2.16. The Bertz CT molecular complexity index is 115. The largest absolute Gasteiger partial charge is 0.396 e. The molecule has 0 saturated carbocycles. The monoisotopic (exact) mass is 187 g/mol. The lowest BCUT2D eigenvalue weighted by Gasteiger charge is -2.35. The van der Waals surface area contributed by atoms with E-state index in [4.69, 9.17) is 5.73 Å². The van der Waals surface area contributed by atoms with Crippen molar-refractivity contribution >= 4 is 0 Å². The van der Waals surface area contributed by atoms with Gasteiger partial charge in [-0.1, -0.05) is 46.5 Å². The lowest BCUT2D eigenvalue weighted by molar-refractivity contribution is 0.0748. The van der Waals surface area contributed by atoms with Crippen LogP contribution in [0.1, 0.15) is 46.5 Å². The molecule has 0 saturated heterocycles. The first-order valence-electron chi connectivity index (χ1n) is 5.45. The van der Waals surface area contributed by atoms with Gasteiger partial charge in [-0.3, -0.25) is 0 Å². The number of aliphatic hydroxyl groups is 1. The molecule has 0 spiro atoms. The summed E-state index contributed by atoms with van der Waals surface area (Å²) in [6.07, 6.45) is 4.73. The Morgan fingerprint density at radius 2 is 1.69 bits per heavy atom. The van der Waals surface area contributed by atoms with Gasteiger partial charge in [-0.2, -0.15) is 0 Å². The molecule has 1 atom stereocenters. The Labute approximate surface area is 82.5 Å². The fraction of sp³-hybridized carbons (Fsp3) is 1.00. The van der Waals surface area contributed by atoms with Gasteiger partial charge in [0.25, 0.3) is 0 Å². The summed E-state index contributed by atoms with van der Waals surface area (Å²) in [4.78, 5) is 0. The van der Waals surface area contributed by atoms with Crippen molar-refractivity contribution in [3.63, 3.8) is 0 Å². The molecule has 0 heterocycles. The minimum atomic E-state index is -0.0635. The zero-order chi connectivity index (χ0) is 10.3. The maximum absolute atomic E-state index is 9.33. The molecular weight excluding hydrogens is 162 g/mol. The van der Waals surface area contributed by atoms with Gasteiger partial charge in [0.15, 0.2) is 0 Å². The number of rotatable bonds is 7. The smallest absolute Gasteiger partial charge is 0.0499 e. The molecule has 0 amide bonds. The highest BCUT2D eigenvalue weighted by Crippen LogP contribution is 2.33. The fourth-order valence-corrected chi connectivity index (χ4v) is 1.90. The zero-order valence-corrected chi connectivity index (χ0v) is 9.34. The summed E-state index contributed by atoms with van der Waals surface area (Å²) in [7, 11) is 0. The van der Waals surface area contributed by atoms with E-state index in [0.29, 0.717) is 12.5 Å². The van der Waals surface area contributed by atoms with Gasteiger partial charge in [-0.25, -0.2) is 0 Å². The van der Waals surface area contributed by atoms with Crippen LogP contribution in [0.15, 0.2) is 0 Å². The van der Waals surface area contributed by atoms with Crippen LogP contribution in [0.5, 0.6) is 0 Å². The third-order valence-corrected chi connectivity index (χ3v) is 3.09. The second kappa shape index (κ2) is 6.39. The summed E-state index contributed by atoms with van der Waals surface area (Å²) in [5.74, 6) is 0.581. The fourth-order valence-electron chi connectivity index (χ4n) is 1.90. The van der Waals surface area contributed by atoms with E-state index in [1.807, 2.05) is 0 Å². The highest BCUT2D eigenvalue weighted by atomic mass is 16.3. The Morgan fingerprint density at radius 1 is 1.23 bits per heavy atom. The Morgan fingerprint density at radius 3 is 1.92 bits per heavy atom. The van der Waals surface area contributed by atoms with Crippen LogP contribution in [-0.2, 0) is 0 Å². The standard InChI is InChI=1S/C11H25NO/c1-4-6-10(7-5-2)11(3,8-12)9-13/h10,13H,4-9,12H2,1-3H3. The highest BCUT2D eigenvalue weighted by molar-refractivity contribution is 4.82. The number of hydrogen-bond acceptors (Lipinski definition) is 2. The molecule has 80 valence electrons. The molecule has 2 nitrogen and oxygen atoms in total. The van der Waals surface area contributed by atoms with Gasteiger partial charge in [-0.15, -0.1) is 0 Å². The third-order valence-electron chi connectivity index (χ3n) is 3.09. The molecule has 0 aromatic rings. The topological polar surface area (TPSA) is 46.2 Å². The van der Waals surface area contributed by atoms with Crippen LogP contribution in [-0.4, -0.2) is 18.3 Å². The van der Waals surface area contributed by atoms with E-state index >= 15 is 0 Å². The van der Waals surface area contributed by atoms with E-state index in [-0.39, 0.29) is 12.0 Å². The molecule has 0 fully saturated rings. The van der Waals surface area contributed by atoms with E-state index in [0.717, 1.165) is 0 Å². The van der Waals surface area contributed by atoms with Gasteiger partial charge in [0.2, 0.25) is 0 Å². The number of nitrogens with two attached hydrogens (primary N) is 1. The van der Waals surface area contributed by atoms with E-state index in [2.05, 4.69) is 20.8 Å². The van der Waals surface area contributed by atoms with Crippen molar-refractivity contribution in [3.8, 4) is 0 Å². The van der Waals surface area contributed by atoms with Crippen molar-refractivity contribution in [1.29, 1.82) is 0 Å². The summed E-state index contributed by atoms with van der Waals surface area (Å²) in [5, 5.41) is 9.33. The first-order chi connectivity index (χ1) is 6.14. The summed E-state index contributed by atoms with van der Waals surface area (Å²) in [5.41, 5.74) is 5.66. The molecule has 2 heteroatoms. The first-order valence-corrected chi connectivity index (χ1v) is 5.45. The van der Waals surface area contributed by atoms with Crippen molar-refractivity contribution in [1.82, 2.24) is 0 Å². The minimum absolute atomic E-state index is 0.0635. The lowest BCUT2D eigenvalue weighted by atomic mass is 9.73. The van der Waals surface area contributed by atoms with Crippen molar-refractivity contribution in [2.24, 2.45) is 17.1 Å². The van der Waals surface area contributed by atoms with E-state index in [9.17, 15) is 5.11 Å². The van der Waals surface area contributed by atoms with Gasteiger partial charge in [-0.05, 0) is 5.92 Å². The van der Waals surface area contributed by atoms with Crippen LogP contribution in [0.4, 0.5) is 0 Å². The van der Waals surface area contributed by atoms with Crippen molar-refractivity contribution in [2.75, 3.05) is 13.2 Å². The lowest BCUT2D eigenvalue weighted by Crippen LogP contribution is -2.38. The maximum Gasteiger partial charge on any atom is 0.0499 e. The molecule has 3 N–H and O–H groups in total. The van der Waals surface area contributed by atoms with Crippen LogP contribution >= 0.6 is 0 Å². The molecule has 0 rings (SSSR count). The van der Waals surface area contributed by atoms with Crippen LogP contribution in [0.25, 0.3) is 0 Å². The first kappa shape index (κ1) is 12.9. The molecule has 0 bridgehead atoms. The average molecular weight is 187 g/mol. The average Bonchev–Trinajstić information content (AvgIpc) is 2.16. The van der Waals surface area contributed by atoms with E-state index in [1.54, 1.807) is 0 Å². The van der Waals surface area contributed by atoms with Crippen LogP contribution in [0.2, 0.25) is 0 Å². The molecule has 0 aliphatic heterocycles. The Balaban J connectivity index is 4.28. The molecule has 0 aliphatic carbocycles. The van der Waals surface area contributed by atoms with Crippen molar-refractivity contribution in [2.45, 2.75) is 46.5 Å². The minimum Gasteiger partial charge on any atom is -0.396 e. The number of hydrogen-bond donors (Lipinski definition) is 2. The molecule has 13 heavy (non-hydrogen) atoms. The van der Waals surface area contributed by atoms with Crippen LogP contribution in [0, 0.1) is 11.3 Å². The number of aliphatic hydroxyl groups excluding tert-OH is 1. The van der Waals surface area contributed by atoms with Crippen molar-refractivity contribution < 1.29 is 5.11 Å². The van der Waals surface area contributed by atoms with E-state index < -0.39 is 0 Å². The SMILES string of the molecule is CCCC(CCC)C(C)(CN)CO. The predicted molar refractivity (Wildman–Crippen MR) is 57.6 cm³/mol. The molecule has 1 unspecified atom stereocenters. The van der Waals surface area contributed by atoms with Gasteiger partial charge >= 0.3 is 0 Å². The third kappa shape index (κ3) is 3.65. The zero-order valence-electron chi connectivity index (χ0n) is 9.34. The molecule has 0 aliphatic rings. The molecular formula is C11H25NO. The highest BCUT2D eigenvalue weighted by Gasteiger charge is 2.30. The molecule has 0 aromatic heterocycles. The molecule has 0 radical (unpaired) electrons. The quantitative estimate of drug-likeness (QED) is 0.641. The van der Waals surface area contributed by atoms with Crippen LogP contribution < -0.4 is 5.73 Å². The van der Waals surface area contributed by atoms with E-state index in [1.165, 1.54) is 25.7 Å². The van der Waals surface area contributed by atoms with Crippen molar-refractivity contribution in [3.05, 3.63) is 0 Å². The van der Waals surface area contributed by atoms with Gasteiger partial charge in [0, 0.05) is 18.6 Å². The summed E-state index contributed by atoms with van der Waals surface area (Å²) < 4.78 is 0. The summed E-state index contributed by atoms with van der Waals surface area (Å²) in [6.45, 7) is 7.29. The normalized spacial score (nSPS) is 16.2. The van der Waals surface area contributed by atoms with Gasteiger partial charge < -0.3 is 10.8 Å². The second-order valence-electron chi connectivity index (χ2n) is 4.29. The summed E-state index contributed by atoms with van der Waals surface area (Å²) in [6, 6.07) is 0. The Kier molecular flexibility index (Phi) is 6.35. The molecule has 0 aromatic carbocycles. The van der Waals surface area contributed by atoms with Crippen LogP contribution in [0.3, 0.4) is 0 Å². The van der Waals surface area contributed by atoms with Gasteiger partial charge in [0.05, 0.1) is 0 Å². The summed E-state index contributed by atoms with van der Waals surface area (Å²) >= 11 is 0. The Hall–Kier alpha value is -0.0800.